The third-order valence-electron chi connectivity index (χ3n) is 22.3. The van der Waals surface area contributed by atoms with Crippen LogP contribution in [0.25, 0.3) is 0 Å². The Morgan fingerprint density at radius 2 is 1.09 bits per heavy atom. The van der Waals surface area contributed by atoms with Crippen molar-refractivity contribution in [3.63, 3.8) is 0 Å². The minimum absolute atomic E-state index is 0.0104. The van der Waals surface area contributed by atoms with E-state index in [0.717, 1.165) is 6.42 Å². The Hall–Kier alpha value is -1.18. The second-order valence-corrected chi connectivity index (χ2v) is 26.6. The summed E-state index contributed by atoms with van der Waals surface area (Å²) >= 11 is 0. The fourth-order valence-electron chi connectivity index (χ4n) is 17.2. The Bertz CT molecular complexity index is 2140. The van der Waals surface area contributed by atoms with Crippen LogP contribution >= 0.6 is 0 Å². The number of rotatable bonds is 11. The third-order valence-corrected chi connectivity index (χ3v) is 22.3. The van der Waals surface area contributed by atoms with Crippen molar-refractivity contribution in [2.75, 3.05) is 26.4 Å². The molecule has 32 atom stereocenters. The largest absolute Gasteiger partial charge is 0.396 e. The van der Waals surface area contributed by atoms with E-state index in [1.807, 2.05) is 6.92 Å². The molecule has 23 heteroatoms. The van der Waals surface area contributed by atoms with Crippen molar-refractivity contribution in [1.29, 1.82) is 0 Å². The third kappa shape index (κ3) is 8.68. The standard InChI is InChI=1S/C54H88O23/c1-22-32(60)35(63)38(66)44(70-22)75-41-25(19-56)73-46(40(68)37(41)65)76-42-33(61)23(2)71-47(43(42)77-45-39(67)36(64)34(62)24(18-55)72-45)74-31-11-12-49(5)26(50(31,6)20-57)9-13-51(7)27(49)10-14-54-28-15-48(3,4)29(58)17-53(28,21-69-54)30(59)16-52(51,54)8/h10,14,22-47,55-68H,9,11-13,15-21H2,1-8H3/t22-,23+,24+,25+,26+,27+,28+,29-,30-,31-,32-,33-,34+,35+,36-,37+,38+,39+,40+,41+,42-,43+,44-,45-,46-,47-,49-,50-,51+,52-,53+,54-/m0/s1. The van der Waals surface area contributed by atoms with Crippen LogP contribution in [-0.2, 0) is 42.6 Å². The highest BCUT2D eigenvalue weighted by molar-refractivity contribution is 5.36. The Kier molecular flexibility index (Phi) is 15.8. The van der Waals surface area contributed by atoms with Gasteiger partial charge in [0.05, 0.1) is 62.5 Å². The number of aliphatic hydroxyl groups excluding tert-OH is 14. The van der Waals surface area contributed by atoms with Gasteiger partial charge >= 0.3 is 0 Å². The van der Waals surface area contributed by atoms with Gasteiger partial charge in [-0.05, 0) is 86.9 Å². The number of hydrogen-bond donors (Lipinski definition) is 14. The quantitative estimate of drug-likeness (QED) is 0.0747. The van der Waals surface area contributed by atoms with E-state index in [1.54, 1.807) is 0 Å². The highest BCUT2D eigenvalue weighted by atomic mass is 16.8. The molecule has 5 heterocycles. The monoisotopic (exact) mass is 1100 g/mol. The van der Waals surface area contributed by atoms with Crippen molar-refractivity contribution in [3.8, 4) is 0 Å². The van der Waals surface area contributed by atoms with Crippen LogP contribution in [0.4, 0.5) is 0 Å². The highest BCUT2D eigenvalue weighted by Gasteiger charge is 2.80. The summed E-state index contributed by atoms with van der Waals surface area (Å²) in [5.74, 6) is -0.210. The van der Waals surface area contributed by atoms with Gasteiger partial charge in [0.2, 0.25) is 0 Å². The van der Waals surface area contributed by atoms with Crippen molar-refractivity contribution in [3.05, 3.63) is 12.2 Å². The molecular weight excluding hydrogens is 1020 g/mol. The van der Waals surface area contributed by atoms with Crippen molar-refractivity contribution < 1.29 is 114 Å². The van der Waals surface area contributed by atoms with Crippen molar-refractivity contribution in [2.45, 2.75) is 247 Å². The van der Waals surface area contributed by atoms with Gasteiger partial charge in [-0.1, -0.05) is 53.7 Å². The van der Waals surface area contributed by atoms with Gasteiger partial charge in [-0.25, -0.2) is 0 Å². The average Bonchev–Trinajstić information content (AvgIpc) is 3.73. The van der Waals surface area contributed by atoms with Gasteiger partial charge in [0, 0.05) is 22.2 Å². The van der Waals surface area contributed by atoms with E-state index >= 15 is 0 Å². The lowest BCUT2D eigenvalue weighted by atomic mass is 9.32. The number of aliphatic hydroxyl groups is 14. The van der Waals surface area contributed by atoms with E-state index in [1.165, 1.54) is 13.8 Å². The van der Waals surface area contributed by atoms with Gasteiger partial charge in [0.25, 0.3) is 0 Å². The molecule has 0 aromatic heterocycles. The smallest absolute Gasteiger partial charge is 0.187 e. The first-order chi connectivity index (χ1) is 36.0. The Balaban J connectivity index is 0.937. The molecule has 2 bridgehead atoms. The van der Waals surface area contributed by atoms with E-state index in [2.05, 4.69) is 46.8 Å². The lowest BCUT2D eigenvalue weighted by molar-refractivity contribution is -0.403. The van der Waals surface area contributed by atoms with Gasteiger partial charge in [0.15, 0.2) is 25.2 Å². The lowest BCUT2D eigenvalue weighted by Gasteiger charge is -2.73. The molecule has 4 saturated carbocycles. The van der Waals surface area contributed by atoms with E-state index in [0.29, 0.717) is 45.1 Å². The summed E-state index contributed by atoms with van der Waals surface area (Å²) in [6.07, 6.45) is -26.6. The van der Waals surface area contributed by atoms with Crippen molar-refractivity contribution >= 4 is 0 Å². The summed E-state index contributed by atoms with van der Waals surface area (Å²) in [7, 11) is 0. The molecule has 0 unspecified atom stereocenters. The highest BCUT2D eigenvalue weighted by Crippen LogP contribution is 2.79. The van der Waals surface area contributed by atoms with Crippen LogP contribution in [0.3, 0.4) is 0 Å². The van der Waals surface area contributed by atoms with Gasteiger partial charge < -0.3 is 114 Å². The fourth-order valence-corrected chi connectivity index (χ4v) is 17.2. The van der Waals surface area contributed by atoms with Crippen LogP contribution in [0.2, 0.25) is 0 Å². The normalized spacial score (nSPS) is 59.1. The van der Waals surface area contributed by atoms with E-state index in [4.69, 9.17) is 42.6 Å². The zero-order valence-corrected chi connectivity index (χ0v) is 45.4. The van der Waals surface area contributed by atoms with Crippen LogP contribution in [-0.4, -0.2) is 245 Å². The van der Waals surface area contributed by atoms with Gasteiger partial charge in [-0.15, -0.1) is 0 Å². The summed E-state index contributed by atoms with van der Waals surface area (Å²) in [4.78, 5) is 0. The summed E-state index contributed by atoms with van der Waals surface area (Å²) < 4.78 is 56.3. The predicted molar refractivity (Wildman–Crippen MR) is 262 cm³/mol. The number of fused-ring (bicyclic) bond motifs is 4. The zero-order valence-electron chi connectivity index (χ0n) is 45.4. The lowest BCUT2D eigenvalue weighted by Crippen LogP contribution is -2.73. The molecule has 14 N–H and O–H groups in total. The van der Waals surface area contributed by atoms with Crippen LogP contribution < -0.4 is 0 Å². The Labute approximate surface area is 448 Å². The summed E-state index contributed by atoms with van der Waals surface area (Å²) in [5.41, 5.74) is -3.90. The van der Waals surface area contributed by atoms with Gasteiger partial charge in [-0.3, -0.25) is 0 Å². The van der Waals surface area contributed by atoms with Gasteiger partial charge in [0.1, 0.15) is 85.5 Å². The first-order valence-corrected chi connectivity index (χ1v) is 27.9. The second kappa shape index (κ2) is 20.6. The van der Waals surface area contributed by atoms with Crippen LogP contribution in [0, 0.1) is 50.2 Å². The molecule has 5 aliphatic heterocycles. The zero-order chi connectivity index (χ0) is 56.1. The average molecular weight is 1110 g/mol. The van der Waals surface area contributed by atoms with Crippen molar-refractivity contribution in [2.24, 2.45) is 50.2 Å². The maximum absolute atomic E-state index is 12.3. The Morgan fingerprint density at radius 1 is 0.519 bits per heavy atom. The molecule has 1 spiro atoms. The maximum Gasteiger partial charge on any atom is 0.187 e. The number of ether oxygens (including phenoxy) is 9. The molecule has 0 radical (unpaired) electrons. The first-order valence-electron chi connectivity index (χ1n) is 27.9. The van der Waals surface area contributed by atoms with E-state index < -0.39 is 182 Å². The molecule has 10 rings (SSSR count). The molecule has 23 nitrogen and oxygen atoms in total. The topological polar surface area (TPSA) is 366 Å². The molecular formula is C54H88O23. The maximum atomic E-state index is 12.3. The molecule has 0 aromatic carbocycles. The Morgan fingerprint density at radius 3 is 1.74 bits per heavy atom. The minimum atomic E-state index is -2.02. The number of hydrogen-bond acceptors (Lipinski definition) is 23. The predicted octanol–water partition coefficient (Wildman–Crippen LogP) is -2.58. The fraction of sp³-hybridized carbons (Fsp3) is 0.963. The summed E-state index contributed by atoms with van der Waals surface area (Å²) in [5, 5.41) is 155. The first kappa shape index (κ1) is 59.0. The molecule has 0 aromatic rings. The molecule has 9 fully saturated rings. The van der Waals surface area contributed by atoms with Gasteiger partial charge in [-0.2, -0.15) is 0 Å². The second-order valence-electron chi connectivity index (χ2n) is 26.6. The van der Waals surface area contributed by atoms with E-state index in [9.17, 15) is 71.5 Å². The van der Waals surface area contributed by atoms with E-state index in [-0.39, 0.29) is 35.2 Å². The molecule has 10 aliphatic rings. The molecule has 5 aliphatic carbocycles. The number of allylic oxidation sites excluding steroid dienone is 1. The van der Waals surface area contributed by atoms with Crippen LogP contribution in [0.5, 0.6) is 0 Å². The van der Waals surface area contributed by atoms with Crippen LogP contribution in [0.15, 0.2) is 12.2 Å². The molecule has 77 heavy (non-hydrogen) atoms. The summed E-state index contributed by atoms with van der Waals surface area (Å²) in [6.45, 7) is 14.4. The molecule has 5 saturated heterocycles. The molecule has 0 amide bonds. The minimum Gasteiger partial charge on any atom is -0.396 e. The molecule has 442 valence electrons. The van der Waals surface area contributed by atoms with Crippen LogP contribution in [0.1, 0.15) is 100 Å². The SMILES string of the molecule is C[C@@H]1O[C@@H](O[C@H]2[C@H](O)[C@@H](O)[C@H](O[C@H]3[C@@H](O)[C@@H](C)O[C@@H](O[C@H]4CC[C@@]5(C)[C@@H](CC[C@]6(C)[C@@H]5C=C[C@]57OC[C@@]8(C[C@H](O)C(C)(C)C[C@H]85)[C@@H](O)C[C@]76C)[C@]4(C)CO)[C@@H]3O[C@@H]3O[C@H](CO)[C@@H](O)[C@H](O)[C@H]3O)O[C@@H]2CO)[C@H](O)[C@H](O)[C@H]1O. The summed E-state index contributed by atoms with van der Waals surface area (Å²) in [6, 6.07) is 0. The van der Waals surface area contributed by atoms with Crippen molar-refractivity contribution in [1.82, 2.24) is 0 Å².